The van der Waals surface area contributed by atoms with E-state index < -0.39 is 0 Å². The Labute approximate surface area is 126 Å². The van der Waals surface area contributed by atoms with Gasteiger partial charge in [0.05, 0.1) is 13.2 Å². The van der Waals surface area contributed by atoms with Crippen LogP contribution in [0.1, 0.15) is 29.1 Å². The first kappa shape index (κ1) is 15.4. The Bertz CT molecular complexity index is 634. The molecule has 0 aliphatic carbocycles. The highest BCUT2D eigenvalue weighted by atomic mass is 16.3. The first-order valence-electron chi connectivity index (χ1n) is 7.10. The van der Waals surface area contributed by atoms with Crippen molar-refractivity contribution in [3.63, 3.8) is 0 Å². The summed E-state index contributed by atoms with van der Waals surface area (Å²) >= 11 is 0. The van der Waals surface area contributed by atoms with Gasteiger partial charge < -0.3 is 9.52 Å². The molecule has 3 nitrogen and oxygen atoms in total. The Morgan fingerprint density at radius 2 is 2.05 bits per heavy atom. The summed E-state index contributed by atoms with van der Waals surface area (Å²) in [6.07, 6.45) is 0.516. The van der Waals surface area contributed by atoms with Crippen molar-refractivity contribution in [3.05, 3.63) is 59.0 Å². The van der Waals surface area contributed by atoms with Crippen LogP contribution >= 0.6 is 0 Å². The highest BCUT2D eigenvalue weighted by molar-refractivity contribution is 5.37. The molecule has 110 valence electrons. The average molecular weight is 283 g/mol. The van der Waals surface area contributed by atoms with Crippen molar-refractivity contribution in [3.8, 4) is 11.8 Å². The van der Waals surface area contributed by atoms with Gasteiger partial charge in [0.2, 0.25) is 0 Å². The zero-order valence-corrected chi connectivity index (χ0v) is 12.6. The Hall–Kier alpha value is -2.02. The minimum absolute atomic E-state index is 0.109. The van der Waals surface area contributed by atoms with Gasteiger partial charge in [-0.15, -0.1) is 0 Å². The van der Waals surface area contributed by atoms with Crippen LogP contribution in [0.15, 0.2) is 40.8 Å². The average Bonchev–Trinajstić information content (AvgIpc) is 2.84. The van der Waals surface area contributed by atoms with Crippen molar-refractivity contribution in [2.24, 2.45) is 0 Å². The lowest BCUT2D eigenvalue weighted by atomic mass is 10.1. The van der Waals surface area contributed by atoms with Gasteiger partial charge in [-0.05, 0) is 43.8 Å². The van der Waals surface area contributed by atoms with Crippen LogP contribution in [0.3, 0.4) is 0 Å². The number of hydrogen-bond donors (Lipinski definition) is 1. The number of aryl methyl sites for hydroxylation is 1. The van der Waals surface area contributed by atoms with E-state index in [9.17, 15) is 0 Å². The van der Waals surface area contributed by atoms with Crippen LogP contribution in [0.25, 0.3) is 0 Å². The van der Waals surface area contributed by atoms with Crippen LogP contribution in [0.2, 0.25) is 0 Å². The normalized spacial score (nSPS) is 10.5. The van der Waals surface area contributed by atoms with Crippen molar-refractivity contribution in [1.29, 1.82) is 0 Å². The van der Waals surface area contributed by atoms with Gasteiger partial charge in [0, 0.05) is 18.5 Å². The standard InChI is InChI=1S/C18H21NO2/c1-15-9-10-18(21-15)14-19(2)13-17-8-5-7-16(12-17)6-3-4-11-20/h5,7-10,12,20H,4,11,13-14H2,1-2H3. The Balaban J connectivity index is 1.96. The molecular formula is C18H21NO2. The molecule has 0 fully saturated rings. The lowest BCUT2D eigenvalue weighted by molar-refractivity contribution is 0.285. The van der Waals surface area contributed by atoms with Crippen LogP contribution in [0, 0.1) is 18.8 Å². The van der Waals surface area contributed by atoms with Crippen molar-refractivity contribution in [1.82, 2.24) is 4.90 Å². The first-order chi connectivity index (χ1) is 10.2. The maximum Gasteiger partial charge on any atom is 0.118 e. The summed E-state index contributed by atoms with van der Waals surface area (Å²) in [5.41, 5.74) is 2.21. The summed E-state index contributed by atoms with van der Waals surface area (Å²) in [6, 6.07) is 12.2. The number of aliphatic hydroxyl groups excluding tert-OH is 1. The smallest absolute Gasteiger partial charge is 0.118 e. The number of rotatable bonds is 5. The molecule has 0 saturated carbocycles. The molecule has 1 heterocycles. The number of aliphatic hydroxyl groups is 1. The van der Waals surface area contributed by atoms with Crippen molar-refractivity contribution >= 4 is 0 Å². The van der Waals surface area contributed by atoms with Gasteiger partial charge in [-0.3, -0.25) is 4.90 Å². The molecule has 0 radical (unpaired) electrons. The Kier molecular flexibility index (Phi) is 5.62. The van der Waals surface area contributed by atoms with E-state index in [0.717, 1.165) is 30.2 Å². The van der Waals surface area contributed by atoms with Crippen molar-refractivity contribution in [2.45, 2.75) is 26.4 Å². The highest BCUT2D eigenvalue weighted by Crippen LogP contribution is 2.12. The molecule has 21 heavy (non-hydrogen) atoms. The summed E-state index contributed by atoms with van der Waals surface area (Å²) in [4.78, 5) is 2.21. The minimum atomic E-state index is 0.109. The second-order valence-electron chi connectivity index (χ2n) is 5.16. The van der Waals surface area contributed by atoms with E-state index in [2.05, 4.69) is 35.9 Å². The fourth-order valence-corrected chi connectivity index (χ4v) is 2.17. The van der Waals surface area contributed by atoms with E-state index in [-0.39, 0.29) is 6.61 Å². The van der Waals surface area contributed by atoms with E-state index in [4.69, 9.17) is 9.52 Å². The van der Waals surface area contributed by atoms with Crippen molar-refractivity contribution < 1.29 is 9.52 Å². The molecule has 2 aromatic rings. The Morgan fingerprint density at radius 3 is 2.76 bits per heavy atom. The maximum absolute atomic E-state index is 8.74. The van der Waals surface area contributed by atoms with Gasteiger partial charge >= 0.3 is 0 Å². The summed E-state index contributed by atoms with van der Waals surface area (Å²) in [5.74, 6) is 7.94. The number of furan rings is 1. The molecule has 0 unspecified atom stereocenters. The lowest BCUT2D eigenvalue weighted by Gasteiger charge is -2.15. The zero-order chi connectivity index (χ0) is 15.1. The fourth-order valence-electron chi connectivity index (χ4n) is 2.17. The van der Waals surface area contributed by atoms with E-state index in [1.165, 1.54) is 5.56 Å². The minimum Gasteiger partial charge on any atom is -0.465 e. The first-order valence-corrected chi connectivity index (χ1v) is 7.10. The molecule has 0 bridgehead atoms. The summed E-state index contributed by atoms with van der Waals surface area (Å²) in [7, 11) is 2.07. The third-order valence-electron chi connectivity index (χ3n) is 3.07. The van der Waals surface area contributed by atoms with Gasteiger partial charge in [0.25, 0.3) is 0 Å². The van der Waals surface area contributed by atoms with Gasteiger partial charge in [-0.1, -0.05) is 24.0 Å². The van der Waals surface area contributed by atoms with E-state index in [1.807, 2.05) is 31.2 Å². The summed E-state index contributed by atoms with van der Waals surface area (Å²) in [5, 5.41) is 8.74. The number of hydrogen-bond acceptors (Lipinski definition) is 3. The van der Waals surface area contributed by atoms with Crippen LogP contribution in [-0.2, 0) is 13.1 Å². The van der Waals surface area contributed by atoms with E-state index in [1.54, 1.807) is 0 Å². The zero-order valence-electron chi connectivity index (χ0n) is 12.6. The van der Waals surface area contributed by atoms with Crippen LogP contribution in [-0.4, -0.2) is 23.7 Å². The number of benzene rings is 1. The molecular weight excluding hydrogens is 262 g/mol. The molecule has 0 amide bonds. The van der Waals surface area contributed by atoms with E-state index in [0.29, 0.717) is 6.42 Å². The monoisotopic (exact) mass is 283 g/mol. The number of nitrogens with zero attached hydrogens (tertiary/aromatic N) is 1. The SMILES string of the molecule is Cc1ccc(CN(C)Cc2cccc(C#CCCO)c2)o1. The molecule has 0 atom stereocenters. The quantitative estimate of drug-likeness (QED) is 0.857. The molecule has 0 spiro atoms. The third kappa shape index (κ3) is 5.11. The predicted molar refractivity (Wildman–Crippen MR) is 83.6 cm³/mol. The largest absolute Gasteiger partial charge is 0.465 e. The van der Waals surface area contributed by atoms with Gasteiger partial charge in [0.15, 0.2) is 0 Å². The molecule has 1 aromatic carbocycles. The fraction of sp³-hybridized carbons (Fsp3) is 0.333. The second kappa shape index (κ2) is 7.68. The molecule has 0 saturated heterocycles. The van der Waals surface area contributed by atoms with Crippen molar-refractivity contribution in [2.75, 3.05) is 13.7 Å². The van der Waals surface area contributed by atoms with Crippen LogP contribution in [0.4, 0.5) is 0 Å². The second-order valence-corrected chi connectivity index (χ2v) is 5.16. The van der Waals surface area contributed by atoms with Crippen LogP contribution in [0.5, 0.6) is 0 Å². The third-order valence-corrected chi connectivity index (χ3v) is 3.07. The van der Waals surface area contributed by atoms with Gasteiger partial charge in [-0.25, -0.2) is 0 Å². The van der Waals surface area contributed by atoms with Gasteiger partial charge in [0.1, 0.15) is 11.5 Å². The lowest BCUT2D eigenvalue weighted by Crippen LogP contribution is -2.16. The topological polar surface area (TPSA) is 36.6 Å². The van der Waals surface area contributed by atoms with Gasteiger partial charge in [-0.2, -0.15) is 0 Å². The molecule has 1 aromatic heterocycles. The summed E-state index contributed by atoms with van der Waals surface area (Å²) < 4.78 is 5.59. The van der Waals surface area contributed by atoms with E-state index >= 15 is 0 Å². The molecule has 0 aliphatic heterocycles. The summed E-state index contributed by atoms with van der Waals surface area (Å²) in [6.45, 7) is 3.69. The molecule has 2 rings (SSSR count). The van der Waals surface area contributed by atoms with Crippen LogP contribution < -0.4 is 0 Å². The molecule has 0 aliphatic rings. The Morgan fingerprint density at radius 1 is 1.19 bits per heavy atom. The highest BCUT2D eigenvalue weighted by Gasteiger charge is 2.05. The molecule has 3 heteroatoms. The predicted octanol–water partition coefficient (Wildman–Crippen LogP) is 2.95. The maximum atomic E-state index is 8.74. The molecule has 1 N–H and O–H groups in total.